The molecule has 110 valence electrons. The Bertz CT molecular complexity index is 728. The van der Waals surface area contributed by atoms with Crippen LogP contribution in [-0.2, 0) is 17.9 Å². The van der Waals surface area contributed by atoms with Crippen molar-refractivity contribution in [1.82, 2.24) is 9.97 Å². The summed E-state index contributed by atoms with van der Waals surface area (Å²) >= 11 is 7.25. The first-order valence-electron chi connectivity index (χ1n) is 6.61. The van der Waals surface area contributed by atoms with E-state index >= 15 is 0 Å². The number of nitrogens with zero attached hydrogens (tertiary/aromatic N) is 1. The van der Waals surface area contributed by atoms with Crippen LogP contribution in [-0.4, -0.2) is 24.2 Å². The lowest BCUT2D eigenvalue weighted by Crippen LogP contribution is -2.02. The highest BCUT2D eigenvalue weighted by Crippen LogP contribution is 2.30. The molecule has 2 heterocycles. The number of ether oxygens (including phenoxy) is 2. The predicted molar refractivity (Wildman–Crippen MR) is 86.8 cm³/mol. The van der Waals surface area contributed by atoms with Gasteiger partial charge in [0.05, 0.1) is 14.2 Å². The Morgan fingerprint density at radius 2 is 2.05 bits per heavy atom. The molecule has 0 saturated heterocycles. The Morgan fingerprint density at radius 3 is 2.81 bits per heavy atom. The molecule has 1 N–H and O–H groups in total. The molecule has 1 aromatic carbocycles. The third-order valence-electron chi connectivity index (χ3n) is 3.47. The van der Waals surface area contributed by atoms with E-state index in [4.69, 9.17) is 21.7 Å². The summed E-state index contributed by atoms with van der Waals surface area (Å²) in [5.41, 5.74) is 3.51. The molecule has 4 nitrogen and oxygen atoms in total. The third-order valence-corrected chi connectivity index (χ3v) is 4.79. The van der Waals surface area contributed by atoms with Gasteiger partial charge < -0.3 is 14.5 Å². The fourth-order valence-corrected chi connectivity index (χ4v) is 3.86. The number of H-pyrrole nitrogens is 1. The summed E-state index contributed by atoms with van der Waals surface area (Å²) in [5, 5.41) is 0. The van der Waals surface area contributed by atoms with Crippen molar-refractivity contribution < 1.29 is 9.47 Å². The van der Waals surface area contributed by atoms with Crippen molar-refractivity contribution in [1.29, 1.82) is 0 Å². The van der Waals surface area contributed by atoms with E-state index in [1.165, 1.54) is 11.3 Å². The molecular weight excluding hydrogens is 304 g/mol. The van der Waals surface area contributed by atoms with Crippen molar-refractivity contribution in [3.63, 3.8) is 0 Å². The van der Waals surface area contributed by atoms with Crippen LogP contribution in [0.1, 0.15) is 22.6 Å². The first-order valence-corrected chi connectivity index (χ1v) is 8.17. The summed E-state index contributed by atoms with van der Waals surface area (Å²) in [4.78, 5) is 7.92. The van der Waals surface area contributed by atoms with E-state index < -0.39 is 0 Å². The normalized spacial score (nSPS) is 13.0. The molecule has 0 bridgehead atoms. The number of rotatable bonds is 4. The Morgan fingerprint density at radius 1 is 1.24 bits per heavy atom. The zero-order valence-corrected chi connectivity index (χ0v) is 13.6. The van der Waals surface area contributed by atoms with Gasteiger partial charge in [0.15, 0.2) is 11.5 Å². The molecule has 0 unspecified atom stereocenters. The van der Waals surface area contributed by atoms with Gasteiger partial charge in [-0.2, -0.15) is 11.8 Å². The summed E-state index contributed by atoms with van der Waals surface area (Å²) in [6, 6.07) is 5.90. The minimum atomic E-state index is 0.696. The summed E-state index contributed by atoms with van der Waals surface area (Å²) in [5.74, 6) is 4.31. The highest BCUT2D eigenvalue weighted by Gasteiger charge is 2.15. The summed E-state index contributed by atoms with van der Waals surface area (Å²) in [7, 11) is 3.27. The van der Waals surface area contributed by atoms with Gasteiger partial charge in [0.25, 0.3) is 0 Å². The lowest BCUT2D eigenvalue weighted by molar-refractivity contribution is 0.354. The molecular formula is C15H16N2O2S2. The maximum atomic E-state index is 5.38. The monoisotopic (exact) mass is 320 g/mol. The summed E-state index contributed by atoms with van der Waals surface area (Å²) < 4.78 is 11.3. The SMILES string of the molecule is COc1ccc(Cc2nc(=S)c3c([nH]2)CSC3)cc1OC. The number of hydrogen-bond acceptors (Lipinski definition) is 5. The topological polar surface area (TPSA) is 47.1 Å². The molecule has 0 fully saturated rings. The minimum absolute atomic E-state index is 0.696. The molecule has 0 spiro atoms. The molecule has 0 saturated carbocycles. The third kappa shape index (κ3) is 2.91. The molecule has 21 heavy (non-hydrogen) atoms. The number of hydrogen-bond donors (Lipinski definition) is 1. The van der Waals surface area contributed by atoms with E-state index in [1.54, 1.807) is 14.2 Å². The fraction of sp³-hybridized carbons (Fsp3) is 0.333. The van der Waals surface area contributed by atoms with Gasteiger partial charge >= 0.3 is 0 Å². The van der Waals surface area contributed by atoms with E-state index in [-0.39, 0.29) is 0 Å². The molecule has 0 aliphatic carbocycles. The molecule has 3 rings (SSSR count). The van der Waals surface area contributed by atoms with Crippen molar-refractivity contribution in [3.05, 3.63) is 45.5 Å². The van der Waals surface area contributed by atoms with Crippen molar-refractivity contribution in [2.24, 2.45) is 0 Å². The van der Waals surface area contributed by atoms with Crippen LogP contribution in [0.5, 0.6) is 11.5 Å². The van der Waals surface area contributed by atoms with Crippen LogP contribution in [0.25, 0.3) is 0 Å². The average Bonchev–Trinajstić information content (AvgIpc) is 2.96. The number of fused-ring (bicyclic) bond motifs is 1. The maximum absolute atomic E-state index is 5.38. The highest BCUT2D eigenvalue weighted by molar-refractivity contribution is 7.98. The number of methoxy groups -OCH3 is 2. The van der Waals surface area contributed by atoms with Crippen molar-refractivity contribution in [3.8, 4) is 11.5 Å². The molecule has 2 aromatic rings. The molecule has 6 heteroatoms. The van der Waals surface area contributed by atoms with Crippen LogP contribution in [0.15, 0.2) is 18.2 Å². The number of thioether (sulfide) groups is 1. The lowest BCUT2D eigenvalue weighted by atomic mass is 10.1. The van der Waals surface area contributed by atoms with E-state index in [1.807, 2.05) is 30.0 Å². The zero-order valence-electron chi connectivity index (χ0n) is 11.9. The van der Waals surface area contributed by atoms with Gasteiger partial charge in [-0.1, -0.05) is 18.3 Å². The average molecular weight is 320 g/mol. The van der Waals surface area contributed by atoms with E-state index in [9.17, 15) is 0 Å². The second-order valence-electron chi connectivity index (χ2n) is 4.80. The fourth-order valence-electron chi connectivity index (χ4n) is 2.39. The van der Waals surface area contributed by atoms with Gasteiger partial charge in [0.1, 0.15) is 10.5 Å². The summed E-state index contributed by atoms with van der Waals surface area (Å²) in [6.07, 6.45) is 0.696. The molecule has 0 amide bonds. The predicted octanol–water partition coefficient (Wildman–Crippen LogP) is 3.49. The van der Waals surface area contributed by atoms with E-state index in [0.717, 1.165) is 39.0 Å². The highest BCUT2D eigenvalue weighted by atomic mass is 32.2. The Hall–Kier alpha value is -1.53. The van der Waals surface area contributed by atoms with Gasteiger partial charge in [0.2, 0.25) is 0 Å². The van der Waals surface area contributed by atoms with Gasteiger partial charge in [-0.15, -0.1) is 0 Å². The van der Waals surface area contributed by atoms with Gasteiger partial charge in [0, 0.05) is 29.2 Å². The van der Waals surface area contributed by atoms with Crippen molar-refractivity contribution >= 4 is 24.0 Å². The second kappa shape index (κ2) is 6.07. The zero-order chi connectivity index (χ0) is 14.8. The van der Waals surface area contributed by atoms with Crippen LogP contribution < -0.4 is 9.47 Å². The smallest absolute Gasteiger partial charge is 0.161 e. The second-order valence-corrected chi connectivity index (χ2v) is 6.18. The summed E-state index contributed by atoms with van der Waals surface area (Å²) in [6.45, 7) is 0. The Kier molecular flexibility index (Phi) is 4.17. The first-order chi connectivity index (χ1) is 10.2. The Balaban J connectivity index is 1.90. The van der Waals surface area contributed by atoms with Crippen LogP contribution in [0.2, 0.25) is 0 Å². The molecule has 0 radical (unpaired) electrons. The molecule has 0 atom stereocenters. The van der Waals surface area contributed by atoms with Crippen LogP contribution in [0, 0.1) is 4.64 Å². The maximum Gasteiger partial charge on any atom is 0.161 e. The number of aromatic nitrogens is 2. The van der Waals surface area contributed by atoms with Gasteiger partial charge in [-0.25, -0.2) is 4.98 Å². The largest absolute Gasteiger partial charge is 0.493 e. The Labute approximate surface area is 132 Å². The van der Waals surface area contributed by atoms with Gasteiger partial charge in [-0.3, -0.25) is 0 Å². The number of nitrogens with one attached hydrogen (secondary N) is 1. The van der Waals surface area contributed by atoms with Crippen LogP contribution in [0.3, 0.4) is 0 Å². The van der Waals surface area contributed by atoms with Crippen LogP contribution in [0.4, 0.5) is 0 Å². The minimum Gasteiger partial charge on any atom is -0.493 e. The lowest BCUT2D eigenvalue weighted by Gasteiger charge is -2.10. The van der Waals surface area contributed by atoms with E-state index in [0.29, 0.717) is 6.42 Å². The standard InChI is InChI=1S/C15H16N2O2S2/c1-18-12-4-3-9(5-13(12)19-2)6-14-16-11-8-21-7-10(11)15(20)17-14/h3-5H,6-8H2,1-2H3,(H,16,17,20). The van der Waals surface area contributed by atoms with Gasteiger partial charge in [-0.05, 0) is 17.7 Å². The van der Waals surface area contributed by atoms with E-state index in [2.05, 4.69) is 9.97 Å². The number of benzene rings is 1. The molecule has 1 aliphatic heterocycles. The molecule has 1 aliphatic rings. The van der Waals surface area contributed by atoms with Crippen LogP contribution >= 0.6 is 24.0 Å². The molecule has 1 aromatic heterocycles. The van der Waals surface area contributed by atoms with Crippen molar-refractivity contribution in [2.45, 2.75) is 17.9 Å². The quantitative estimate of drug-likeness (QED) is 0.874. The van der Waals surface area contributed by atoms with Crippen molar-refractivity contribution in [2.75, 3.05) is 14.2 Å². The number of aromatic amines is 1. The first kappa shape index (κ1) is 14.4.